The molecular formula is C18H24N4OS. The van der Waals surface area contributed by atoms with Crippen LogP contribution < -0.4 is 4.90 Å². The number of fused-ring (bicyclic) bond motifs is 3. The fraction of sp³-hybridized carbons (Fsp3) is 0.556. The molecule has 2 saturated heterocycles. The van der Waals surface area contributed by atoms with Gasteiger partial charge in [0.2, 0.25) is 0 Å². The van der Waals surface area contributed by atoms with Crippen molar-refractivity contribution < 1.29 is 4.74 Å². The Balaban J connectivity index is 1.54. The van der Waals surface area contributed by atoms with Crippen LogP contribution in [0.1, 0.15) is 15.4 Å². The van der Waals surface area contributed by atoms with Gasteiger partial charge in [0.05, 0.1) is 24.9 Å². The standard InChI is InChI=1S/C18H24N4OS/c1-13-3-6-18(20-19-13)22-8-15-7-21(16(9-22)12-23-11-15)10-17-5-4-14(2)24-17/h3-6,15-16H,7-12H2,1-2H3/t15-,16+/m1/s1. The molecular weight excluding hydrogens is 320 g/mol. The maximum atomic E-state index is 5.94. The molecule has 0 unspecified atom stereocenters. The van der Waals surface area contributed by atoms with Crippen LogP contribution in [0.4, 0.5) is 5.82 Å². The summed E-state index contributed by atoms with van der Waals surface area (Å²) in [5.41, 5.74) is 0.965. The van der Waals surface area contributed by atoms with Gasteiger partial charge < -0.3 is 9.64 Å². The Morgan fingerprint density at radius 3 is 2.75 bits per heavy atom. The van der Waals surface area contributed by atoms with Crippen LogP contribution in [0, 0.1) is 19.8 Å². The second kappa shape index (κ2) is 6.78. The van der Waals surface area contributed by atoms with E-state index >= 15 is 0 Å². The van der Waals surface area contributed by atoms with E-state index in [9.17, 15) is 0 Å². The van der Waals surface area contributed by atoms with E-state index in [0.29, 0.717) is 12.0 Å². The topological polar surface area (TPSA) is 41.5 Å². The van der Waals surface area contributed by atoms with Crippen molar-refractivity contribution in [1.29, 1.82) is 0 Å². The molecule has 128 valence electrons. The molecule has 24 heavy (non-hydrogen) atoms. The van der Waals surface area contributed by atoms with Crippen LogP contribution in [0.3, 0.4) is 0 Å². The Labute approximate surface area is 147 Å². The lowest BCUT2D eigenvalue weighted by Crippen LogP contribution is -2.43. The van der Waals surface area contributed by atoms with Gasteiger partial charge in [-0.25, -0.2) is 0 Å². The van der Waals surface area contributed by atoms with Crippen molar-refractivity contribution in [3.8, 4) is 0 Å². The fourth-order valence-corrected chi connectivity index (χ4v) is 4.56. The molecule has 2 aromatic heterocycles. The number of rotatable bonds is 3. The summed E-state index contributed by atoms with van der Waals surface area (Å²) < 4.78 is 5.94. The number of nitrogens with zero attached hydrogens (tertiary/aromatic N) is 4. The maximum Gasteiger partial charge on any atom is 0.151 e. The molecule has 0 aliphatic carbocycles. The van der Waals surface area contributed by atoms with Gasteiger partial charge in [-0.05, 0) is 38.1 Å². The summed E-state index contributed by atoms with van der Waals surface area (Å²) in [6.07, 6.45) is 0. The molecule has 4 rings (SSSR count). The molecule has 0 amide bonds. The minimum Gasteiger partial charge on any atom is -0.379 e. The first-order valence-electron chi connectivity index (χ1n) is 8.60. The minimum atomic E-state index is 0.406. The smallest absolute Gasteiger partial charge is 0.151 e. The molecule has 6 heteroatoms. The van der Waals surface area contributed by atoms with Crippen LogP contribution in [0.25, 0.3) is 0 Å². The molecule has 4 heterocycles. The van der Waals surface area contributed by atoms with E-state index in [1.165, 1.54) is 9.75 Å². The van der Waals surface area contributed by atoms with Crippen LogP contribution in [0.5, 0.6) is 0 Å². The van der Waals surface area contributed by atoms with Crippen molar-refractivity contribution >= 4 is 17.2 Å². The quantitative estimate of drug-likeness (QED) is 0.856. The number of ether oxygens (including phenoxy) is 1. The third-order valence-corrected chi connectivity index (χ3v) is 5.83. The van der Waals surface area contributed by atoms with Gasteiger partial charge in [0.25, 0.3) is 0 Å². The zero-order chi connectivity index (χ0) is 16.5. The maximum absolute atomic E-state index is 5.94. The molecule has 2 bridgehead atoms. The summed E-state index contributed by atoms with van der Waals surface area (Å²) >= 11 is 1.90. The lowest BCUT2D eigenvalue weighted by Gasteiger charge is -2.31. The van der Waals surface area contributed by atoms with E-state index in [-0.39, 0.29) is 0 Å². The first-order valence-corrected chi connectivity index (χ1v) is 9.41. The van der Waals surface area contributed by atoms with Crippen molar-refractivity contribution in [2.75, 3.05) is 37.7 Å². The molecule has 2 aliphatic rings. The summed E-state index contributed by atoms with van der Waals surface area (Å²) in [6.45, 7) is 9.87. The zero-order valence-electron chi connectivity index (χ0n) is 14.3. The largest absolute Gasteiger partial charge is 0.379 e. The van der Waals surface area contributed by atoms with Crippen LogP contribution in [-0.2, 0) is 11.3 Å². The van der Waals surface area contributed by atoms with Gasteiger partial charge in [0, 0.05) is 41.9 Å². The second-order valence-corrected chi connectivity index (χ2v) is 8.31. The van der Waals surface area contributed by atoms with Crippen LogP contribution >= 0.6 is 11.3 Å². The molecule has 2 aliphatic heterocycles. The molecule has 0 spiro atoms. The van der Waals surface area contributed by atoms with E-state index in [0.717, 1.165) is 50.9 Å². The molecule has 0 radical (unpaired) electrons. The number of anilines is 1. The normalized spacial score (nSPS) is 24.8. The van der Waals surface area contributed by atoms with Gasteiger partial charge in [-0.2, -0.15) is 5.10 Å². The molecule has 5 nitrogen and oxygen atoms in total. The van der Waals surface area contributed by atoms with Gasteiger partial charge in [-0.15, -0.1) is 16.4 Å². The number of hydrogen-bond donors (Lipinski definition) is 0. The number of hydrogen-bond acceptors (Lipinski definition) is 6. The number of aromatic nitrogens is 2. The Bertz CT molecular complexity index is 687. The Morgan fingerprint density at radius 1 is 1.08 bits per heavy atom. The highest BCUT2D eigenvalue weighted by Gasteiger charge is 2.34. The monoisotopic (exact) mass is 344 g/mol. The van der Waals surface area contributed by atoms with E-state index in [1.807, 2.05) is 24.3 Å². The highest BCUT2D eigenvalue weighted by atomic mass is 32.1. The molecule has 0 N–H and O–H groups in total. The van der Waals surface area contributed by atoms with Gasteiger partial charge in [-0.3, -0.25) is 4.90 Å². The van der Waals surface area contributed by atoms with Crippen molar-refractivity contribution in [2.45, 2.75) is 26.4 Å². The lowest BCUT2D eigenvalue weighted by molar-refractivity contribution is 0.0874. The molecule has 2 atom stereocenters. The first kappa shape index (κ1) is 16.0. The molecule has 0 aromatic carbocycles. The van der Waals surface area contributed by atoms with E-state index < -0.39 is 0 Å². The van der Waals surface area contributed by atoms with Crippen molar-refractivity contribution in [1.82, 2.24) is 15.1 Å². The Kier molecular flexibility index (Phi) is 4.52. The van der Waals surface area contributed by atoms with E-state index in [2.05, 4.69) is 45.1 Å². The van der Waals surface area contributed by atoms with Gasteiger partial charge in [0.15, 0.2) is 5.82 Å². The fourth-order valence-electron chi connectivity index (χ4n) is 3.64. The zero-order valence-corrected chi connectivity index (χ0v) is 15.1. The van der Waals surface area contributed by atoms with Gasteiger partial charge >= 0.3 is 0 Å². The van der Waals surface area contributed by atoms with Crippen LogP contribution in [0.2, 0.25) is 0 Å². The summed E-state index contributed by atoms with van der Waals surface area (Å²) in [7, 11) is 0. The predicted octanol–water partition coefficient (Wildman–Crippen LogP) is 2.49. The highest BCUT2D eigenvalue weighted by Crippen LogP contribution is 2.26. The Morgan fingerprint density at radius 2 is 2.00 bits per heavy atom. The second-order valence-electron chi connectivity index (χ2n) is 6.94. The molecule has 2 fully saturated rings. The van der Waals surface area contributed by atoms with Crippen molar-refractivity contribution in [2.24, 2.45) is 5.92 Å². The van der Waals surface area contributed by atoms with Crippen molar-refractivity contribution in [3.63, 3.8) is 0 Å². The summed E-state index contributed by atoms with van der Waals surface area (Å²) in [5.74, 6) is 1.51. The van der Waals surface area contributed by atoms with Crippen LogP contribution in [-0.4, -0.2) is 54.0 Å². The lowest BCUT2D eigenvalue weighted by atomic mass is 10.1. The first-order chi connectivity index (χ1) is 11.7. The number of thiophene rings is 1. The van der Waals surface area contributed by atoms with Gasteiger partial charge in [0.1, 0.15) is 0 Å². The van der Waals surface area contributed by atoms with E-state index in [4.69, 9.17) is 4.74 Å². The predicted molar refractivity (Wildman–Crippen MR) is 96.5 cm³/mol. The Hall–Kier alpha value is -1.50. The summed E-state index contributed by atoms with van der Waals surface area (Å²) in [4.78, 5) is 7.83. The molecule has 0 saturated carbocycles. The third kappa shape index (κ3) is 3.45. The van der Waals surface area contributed by atoms with Gasteiger partial charge in [-0.1, -0.05) is 0 Å². The minimum absolute atomic E-state index is 0.406. The summed E-state index contributed by atoms with van der Waals surface area (Å²) in [6, 6.07) is 9.03. The average molecular weight is 344 g/mol. The average Bonchev–Trinajstić information content (AvgIpc) is 2.76. The third-order valence-electron chi connectivity index (χ3n) is 4.85. The van der Waals surface area contributed by atoms with Crippen molar-refractivity contribution in [3.05, 3.63) is 39.7 Å². The molecule has 2 aromatic rings. The van der Waals surface area contributed by atoms with E-state index in [1.54, 1.807) is 0 Å². The number of aryl methyl sites for hydroxylation is 2. The highest BCUT2D eigenvalue weighted by molar-refractivity contribution is 7.11. The summed E-state index contributed by atoms with van der Waals surface area (Å²) in [5, 5.41) is 8.64. The SMILES string of the molecule is Cc1ccc(N2C[C@@H]3COC[C@H](C2)N(Cc2ccc(C)s2)C3)nn1. The van der Waals surface area contributed by atoms with Crippen LogP contribution in [0.15, 0.2) is 24.3 Å².